The van der Waals surface area contributed by atoms with Crippen LogP contribution < -0.4 is 9.64 Å². The molecule has 1 amide bonds. The first kappa shape index (κ1) is 19.6. The third-order valence-corrected chi connectivity index (χ3v) is 5.94. The maximum Gasteiger partial charge on any atom is 0.246 e. The van der Waals surface area contributed by atoms with Crippen molar-refractivity contribution in [3.8, 4) is 5.75 Å². The van der Waals surface area contributed by atoms with Crippen LogP contribution in [0.3, 0.4) is 0 Å². The van der Waals surface area contributed by atoms with Gasteiger partial charge in [0.05, 0.1) is 16.1 Å². The number of fused-ring (bicyclic) bond motifs is 2. The van der Waals surface area contributed by atoms with Gasteiger partial charge in [0.1, 0.15) is 24.7 Å². The number of hydrogen-bond acceptors (Lipinski definition) is 3. The van der Waals surface area contributed by atoms with Crippen molar-refractivity contribution in [2.45, 2.75) is 26.0 Å². The number of carbonyl (C=O) groups excluding carboxylic acids is 1. The Morgan fingerprint density at radius 3 is 2.68 bits per heavy atom. The summed E-state index contributed by atoms with van der Waals surface area (Å²) in [5, 5.41) is 0.547. The van der Waals surface area contributed by atoms with Crippen LogP contribution in [0.1, 0.15) is 17.8 Å². The Bertz CT molecular complexity index is 1250. The van der Waals surface area contributed by atoms with Gasteiger partial charge in [0, 0.05) is 12.2 Å². The molecule has 156 valence electrons. The van der Waals surface area contributed by atoms with Crippen molar-refractivity contribution in [2.75, 3.05) is 11.4 Å². The lowest BCUT2D eigenvalue weighted by Gasteiger charge is -2.29. The molecular formula is C25H22ClN3O2. The number of para-hydroxylation sites is 4. The van der Waals surface area contributed by atoms with Gasteiger partial charge >= 0.3 is 0 Å². The molecule has 0 spiro atoms. The summed E-state index contributed by atoms with van der Waals surface area (Å²) in [6, 6.07) is 23.3. The van der Waals surface area contributed by atoms with Crippen LogP contribution in [0.5, 0.6) is 5.75 Å². The minimum Gasteiger partial charge on any atom is -0.484 e. The zero-order chi connectivity index (χ0) is 21.2. The molecule has 1 aliphatic heterocycles. The van der Waals surface area contributed by atoms with Gasteiger partial charge < -0.3 is 14.2 Å². The van der Waals surface area contributed by atoms with Crippen LogP contribution in [0.15, 0.2) is 72.8 Å². The zero-order valence-corrected chi connectivity index (χ0v) is 17.8. The van der Waals surface area contributed by atoms with Crippen LogP contribution >= 0.6 is 11.6 Å². The predicted octanol–water partition coefficient (Wildman–Crippen LogP) is 5.25. The highest BCUT2D eigenvalue weighted by molar-refractivity contribution is 6.32. The largest absolute Gasteiger partial charge is 0.484 e. The molecule has 2 heterocycles. The van der Waals surface area contributed by atoms with Crippen LogP contribution in [0.4, 0.5) is 5.69 Å². The minimum atomic E-state index is 0.0503. The Hall–Kier alpha value is -3.31. The Morgan fingerprint density at radius 1 is 1.00 bits per heavy atom. The molecule has 6 heteroatoms. The lowest BCUT2D eigenvalue weighted by atomic mass is 10.0. The first-order chi connectivity index (χ1) is 15.2. The van der Waals surface area contributed by atoms with Gasteiger partial charge in [-0.05, 0) is 48.7 Å². The van der Waals surface area contributed by atoms with Gasteiger partial charge in [-0.2, -0.15) is 0 Å². The summed E-state index contributed by atoms with van der Waals surface area (Å²) < 4.78 is 7.89. The van der Waals surface area contributed by atoms with E-state index in [2.05, 4.69) is 6.07 Å². The molecule has 3 aromatic carbocycles. The number of ether oxygens (including phenoxy) is 1. The number of carbonyl (C=O) groups is 1. The second-order valence-corrected chi connectivity index (χ2v) is 8.01. The van der Waals surface area contributed by atoms with Crippen LogP contribution in [-0.2, 0) is 24.4 Å². The topological polar surface area (TPSA) is 47.4 Å². The fourth-order valence-corrected chi connectivity index (χ4v) is 4.32. The van der Waals surface area contributed by atoms with Crippen molar-refractivity contribution >= 4 is 34.2 Å². The zero-order valence-electron chi connectivity index (χ0n) is 17.0. The van der Waals surface area contributed by atoms with E-state index >= 15 is 0 Å². The molecule has 0 atom stereocenters. The van der Waals surface area contributed by atoms with Gasteiger partial charge in [0.2, 0.25) is 5.91 Å². The van der Waals surface area contributed by atoms with Gasteiger partial charge in [-0.25, -0.2) is 4.98 Å². The lowest BCUT2D eigenvalue weighted by Crippen LogP contribution is -2.38. The molecule has 5 rings (SSSR count). The summed E-state index contributed by atoms with van der Waals surface area (Å²) in [5.74, 6) is 1.34. The second-order valence-electron chi connectivity index (χ2n) is 7.60. The number of halogens is 1. The van der Waals surface area contributed by atoms with Crippen LogP contribution in [0.25, 0.3) is 11.0 Å². The second kappa shape index (κ2) is 8.44. The summed E-state index contributed by atoms with van der Waals surface area (Å²) in [4.78, 5) is 20.0. The summed E-state index contributed by atoms with van der Waals surface area (Å²) in [5.41, 5.74) is 3.99. The van der Waals surface area contributed by atoms with Gasteiger partial charge in [0.25, 0.3) is 0 Å². The van der Waals surface area contributed by atoms with Crippen molar-refractivity contribution in [1.29, 1.82) is 0 Å². The van der Waals surface area contributed by atoms with Crippen molar-refractivity contribution in [2.24, 2.45) is 0 Å². The summed E-state index contributed by atoms with van der Waals surface area (Å²) in [6.07, 6.45) is 1.97. The maximum atomic E-state index is 13.4. The number of rotatable bonds is 5. The average molecular weight is 432 g/mol. The van der Waals surface area contributed by atoms with E-state index in [1.54, 1.807) is 6.07 Å². The summed E-state index contributed by atoms with van der Waals surface area (Å²) >= 11 is 6.23. The van der Waals surface area contributed by atoms with Crippen molar-refractivity contribution < 1.29 is 9.53 Å². The van der Waals surface area contributed by atoms with E-state index in [-0.39, 0.29) is 19.1 Å². The van der Waals surface area contributed by atoms with E-state index < -0.39 is 0 Å². The first-order valence-electron chi connectivity index (χ1n) is 10.4. The SMILES string of the molecule is O=C(Cn1c(COc2ccccc2Cl)nc2ccccc21)N1CCCc2ccccc21. The number of aromatic nitrogens is 2. The molecule has 4 aromatic rings. The Morgan fingerprint density at radius 2 is 1.77 bits per heavy atom. The standard InChI is InChI=1S/C25H22ClN3O2/c26-19-10-2-6-14-23(19)31-17-24-27-20-11-3-5-13-22(20)29(24)16-25(30)28-15-7-9-18-8-1-4-12-21(18)28/h1-6,8,10-14H,7,9,15-17H2. The number of benzene rings is 3. The van der Waals surface area contributed by atoms with Crippen LogP contribution in [0, 0.1) is 0 Å². The third kappa shape index (κ3) is 3.89. The van der Waals surface area contributed by atoms with E-state index in [1.807, 2.05) is 70.1 Å². The molecule has 1 aliphatic rings. The molecule has 0 N–H and O–H groups in total. The highest BCUT2D eigenvalue weighted by Gasteiger charge is 2.24. The minimum absolute atomic E-state index is 0.0503. The van der Waals surface area contributed by atoms with Crippen LogP contribution in [0.2, 0.25) is 5.02 Å². The fourth-order valence-electron chi connectivity index (χ4n) is 4.13. The first-order valence-corrected chi connectivity index (χ1v) is 10.8. The van der Waals surface area contributed by atoms with E-state index in [9.17, 15) is 4.79 Å². The van der Waals surface area contributed by atoms with E-state index in [0.29, 0.717) is 16.6 Å². The quantitative estimate of drug-likeness (QED) is 0.433. The molecule has 5 nitrogen and oxygen atoms in total. The Labute approximate surface area is 185 Å². The average Bonchev–Trinajstić information content (AvgIpc) is 3.15. The van der Waals surface area contributed by atoms with Crippen molar-refractivity contribution in [3.05, 3.63) is 89.2 Å². The molecule has 31 heavy (non-hydrogen) atoms. The number of amides is 1. The number of anilines is 1. The van der Waals surface area contributed by atoms with Crippen molar-refractivity contribution in [3.63, 3.8) is 0 Å². The lowest BCUT2D eigenvalue weighted by molar-refractivity contribution is -0.119. The summed E-state index contributed by atoms with van der Waals surface area (Å²) in [6.45, 7) is 1.16. The highest BCUT2D eigenvalue weighted by atomic mass is 35.5. The molecule has 0 aliphatic carbocycles. The Balaban J connectivity index is 1.45. The maximum absolute atomic E-state index is 13.4. The monoisotopic (exact) mass is 431 g/mol. The molecule has 1 aromatic heterocycles. The molecule has 0 saturated heterocycles. The Kier molecular flexibility index (Phi) is 5.35. The molecule has 0 radical (unpaired) electrons. The van der Waals surface area contributed by atoms with Gasteiger partial charge in [-0.1, -0.05) is 54.1 Å². The van der Waals surface area contributed by atoms with E-state index in [1.165, 1.54) is 5.56 Å². The molecular weight excluding hydrogens is 410 g/mol. The third-order valence-electron chi connectivity index (χ3n) is 5.63. The van der Waals surface area contributed by atoms with Crippen LogP contribution in [-0.4, -0.2) is 22.0 Å². The number of aryl methyl sites for hydroxylation is 1. The van der Waals surface area contributed by atoms with Gasteiger partial charge in [-0.15, -0.1) is 0 Å². The molecule has 0 saturated carbocycles. The van der Waals surface area contributed by atoms with Gasteiger partial charge in [0.15, 0.2) is 0 Å². The van der Waals surface area contributed by atoms with E-state index in [0.717, 1.165) is 36.1 Å². The number of nitrogens with zero attached hydrogens (tertiary/aromatic N) is 3. The predicted molar refractivity (Wildman–Crippen MR) is 123 cm³/mol. The smallest absolute Gasteiger partial charge is 0.246 e. The van der Waals surface area contributed by atoms with E-state index in [4.69, 9.17) is 21.3 Å². The fraction of sp³-hybridized carbons (Fsp3) is 0.200. The number of hydrogen-bond donors (Lipinski definition) is 0. The molecule has 0 unspecified atom stereocenters. The number of imidazole rings is 1. The van der Waals surface area contributed by atoms with Gasteiger partial charge in [-0.3, -0.25) is 4.79 Å². The highest BCUT2D eigenvalue weighted by Crippen LogP contribution is 2.28. The molecule has 0 fully saturated rings. The molecule has 0 bridgehead atoms. The normalized spacial score (nSPS) is 13.3. The summed E-state index contributed by atoms with van der Waals surface area (Å²) in [7, 11) is 0. The van der Waals surface area contributed by atoms with Crippen molar-refractivity contribution in [1.82, 2.24) is 9.55 Å².